The molecule has 2 heterocycles. The zero-order valence-corrected chi connectivity index (χ0v) is 16.1. The highest BCUT2D eigenvalue weighted by Crippen LogP contribution is 2.35. The van der Waals surface area contributed by atoms with Crippen LogP contribution < -0.4 is 5.32 Å². The van der Waals surface area contributed by atoms with Gasteiger partial charge in [0.15, 0.2) is 6.61 Å². The number of nitrogens with one attached hydrogen (secondary N) is 2. The summed E-state index contributed by atoms with van der Waals surface area (Å²) >= 11 is 1.59. The van der Waals surface area contributed by atoms with E-state index >= 15 is 0 Å². The van der Waals surface area contributed by atoms with Crippen molar-refractivity contribution in [2.24, 2.45) is 5.41 Å². The third kappa shape index (κ3) is 4.92. The van der Waals surface area contributed by atoms with Crippen LogP contribution >= 0.6 is 11.3 Å². The molecule has 0 aliphatic carbocycles. The van der Waals surface area contributed by atoms with E-state index < -0.39 is 5.97 Å². The summed E-state index contributed by atoms with van der Waals surface area (Å²) in [6, 6.07) is 3.81. The van der Waals surface area contributed by atoms with Crippen molar-refractivity contribution < 1.29 is 14.3 Å². The number of carbonyl (C=O) groups excluding carboxylic acids is 2. The number of nitrogens with zero attached hydrogens (tertiary/aromatic N) is 1. The minimum Gasteiger partial charge on any atom is -0.452 e. The van der Waals surface area contributed by atoms with Crippen LogP contribution in [0.15, 0.2) is 23.7 Å². The Bertz CT molecular complexity index is 714. The summed E-state index contributed by atoms with van der Waals surface area (Å²) in [5, 5.41) is 11.6. The maximum absolute atomic E-state index is 12.3. The minimum absolute atomic E-state index is 0.114. The highest BCUT2D eigenvalue weighted by atomic mass is 32.1. The van der Waals surface area contributed by atoms with E-state index in [1.54, 1.807) is 11.3 Å². The fourth-order valence-corrected chi connectivity index (χ4v) is 3.50. The van der Waals surface area contributed by atoms with Crippen LogP contribution in [0, 0.1) is 5.41 Å². The molecular weight excluding hydrogens is 338 g/mol. The molecule has 2 rings (SSSR count). The summed E-state index contributed by atoms with van der Waals surface area (Å²) < 4.78 is 5.16. The average molecular weight is 363 g/mol. The number of rotatable bonds is 6. The molecule has 136 valence electrons. The standard InChI is InChI=1S/C18H25N3O3S/c1-11(2)15-12(9-19-21-15)17(23)24-10-14(22)20-16(18(3,4)5)13-7-6-8-25-13/h6-9,11,16H,10H2,1-5H3,(H,19,21)(H,20,22). The van der Waals surface area contributed by atoms with Crippen LogP contribution in [0.2, 0.25) is 0 Å². The van der Waals surface area contributed by atoms with E-state index in [9.17, 15) is 9.59 Å². The van der Waals surface area contributed by atoms with Crippen molar-refractivity contribution in [3.8, 4) is 0 Å². The van der Waals surface area contributed by atoms with Crippen LogP contribution in [-0.2, 0) is 9.53 Å². The highest BCUT2D eigenvalue weighted by Gasteiger charge is 2.29. The fraction of sp³-hybridized carbons (Fsp3) is 0.500. The predicted octanol–water partition coefficient (Wildman–Crippen LogP) is 3.66. The summed E-state index contributed by atoms with van der Waals surface area (Å²) in [6.07, 6.45) is 1.43. The van der Waals surface area contributed by atoms with Gasteiger partial charge in [-0.2, -0.15) is 5.10 Å². The van der Waals surface area contributed by atoms with Gasteiger partial charge in [0, 0.05) is 4.88 Å². The van der Waals surface area contributed by atoms with E-state index in [0.717, 1.165) is 4.88 Å². The van der Waals surface area contributed by atoms with E-state index in [-0.39, 0.29) is 29.9 Å². The molecule has 0 saturated heterocycles. The van der Waals surface area contributed by atoms with E-state index in [4.69, 9.17) is 4.74 Å². The molecule has 0 aliphatic rings. The van der Waals surface area contributed by atoms with Gasteiger partial charge in [0.1, 0.15) is 5.56 Å². The summed E-state index contributed by atoms with van der Waals surface area (Å²) in [5.41, 5.74) is 0.921. The first kappa shape index (κ1) is 19.2. The van der Waals surface area contributed by atoms with Gasteiger partial charge in [0.05, 0.1) is 17.9 Å². The van der Waals surface area contributed by atoms with E-state index in [1.165, 1.54) is 6.20 Å². The van der Waals surface area contributed by atoms with Gasteiger partial charge >= 0.3 is 5.97 Å². The van der Waals surface area contributed by atoms with Crippen LogP contribution in [0.3, 0.4) is 0 Å². The van der Waals surface area contributed by atoms with Gasteiger partial charge in [-0.05, 0) is 22.8 Å². The predicted molar refractivity (Wildman–Crippen MR) is 97.6 cm³/mol. The summed E-state index contributed by atoms with van der Waals surface area (Å²) in [4.78, 5) is 25.5. The number of esters is 1. The lowest BCUT2D eigenvalue weighted by Crippen LogP contribution is -2.38. The van der Waals surface area contributed by atoms with Gasteiger partial charge in [-0.15, -0.1) is 11.3 Å². The molecule has 1 amide bonds. The number of hydrogen-bond donors (Lipinski definition) is 2. The first-order valence-corrected chi connectivity index (χ1v) is 9.11. The van der Waals surface area contributed by atoms with Crippen molar-refractivity contribution in [2.75, 3.05) is 6.61 Å². The lowest BCUT2D eigenvalue weighted by atomic mass is 9.86. The first-order valence-electron chi connectivity index (χ1n) is 8.23. The zero-order valence-electron chi connectivity index (χ0n) is 15.3. The molecule has 0 bridgehead atoms. The second-order valence-corrected chi connectivity index (χ2v) is 8.29. The quantitative estimate of drug-likeness (QED) is 0.767. The number of thiophene rings is 1. The molecule has 0 aliphatic heterocycles. The van der Waals surface area contributed by atoms with Gasteiger partial charge in [-0.25, -0.2) is 4.79 Å². The third-order valence-electron chi connectivity index (χ3n) is 3.80. The molecule has 6 nitrogen and oxygen atoms in total. The van der Waals surface area contributed by atoms with Crippen molar-refractivity contribution in [3.05, 3.63) is 39.8 Å². The monoisotopic (exact) mass is 363 g/mol. The highest BCUT2D eigenvalue weighted by molar-refractivity contribution is 7.10. The average Bonchev–Trinajstić information content (AvgIpc) is 3.19. The van der Waals surface area contributed by atoms with Crippen LogP contribution in [0.1, 0.15) is 67.5 Å². The molecule has 2 aromatic rings. The molecule has 0 spiro atoms. The lowest BCUT2D eigenvalue weighted by Gasteiger charge is -2.30. The number of ether oxygens (including phenoxy) is 1. The van der Waals surface area contributed by atoms with E-state index in [2.05, 4.69) is 36.3 Å². The number of amides is 1. The summed E-state index contributed by atoms with van der Waals surface area (Å²) in [7, 11) is 0. The number of H-pyrrole nitrogens is 1. The SMILES string of the molecule is CC(C)c1[nH]ncc1C(=O)OCC(=O)NC(c1cccs1)C(C)(C)C. The zero-order chi connectivity index (χ0) is 18.6. The van der Waals surface area contributed by atoms with E-state index in [1.807, 2.05) is 31.4 Å². The van der Waals surface area contributed by atoms with Crippen LogP contribution in [0.5, 0.6) is 0 Å². The summed E-state index contributed by atoms with van der Waals surface area (Å²) in [6.45, 7) is 9.76. The molecule has 7 heteroatoms. The molecule has 0 radical (unpaired) electrons. The van der Waals surface area contributed by atoms with Gasteiger partial charge in [0.2, 0.25) is 0 Å². The van der Waals surface area contributed by atoms with Gasteiger partial charge in [-0.3, -0.25) is 9.89 Å². The molecule has 1 atom stereocenters. The number of carbonyl (C=O) groups is 2. The molecule has 2 N–H and O–H groups in total. The fourth-order valence-electron chi connectivity index (χ4n) is 2.48. The normalized spacial score (nSPS) is 12.9. The molecule has 25 heavy (non-hydrogen) atoms. The minimum atomic E-state index is -0.545. The molecule has 0 aromatic carbocycles. The molecule has 0 saturated carbocycles. The Morgan fingerprint density at radius 3 is 2.64 bits per heavy atom. The third-order valence-corrected chi connectivity index (χ3v) is 4.74. The van der Waals surface area contributed by atoms with Gasteiger partial charge in [0.25, 0.3) is 5.91 Å². The molecule has 2 aromatic heterocycles. The second-order valence-electron chi connectivity index (χ2n) is 7.31. The number of aromatic nitrogens is 2. The molecule has 1 unspecified atom stereocenters. The van der Waals surface area contributed by atoms with Crippen molar-refractivity contribution in [3.63, 3.8) is 0 Å². The largest absolute Gasteiger partial charge is 0.452 e. The van der Waals surface area contributed by atoms with Crippen molar-refractivity contribution >= 4 is 23.2 Å². The Hall–Kier alpha value is -2.15. The van der Waals surface area contributed by atoms with Crippen LogP contribution in [0.4, 0.5) is 0 Å². The maximum Gasteiger partial charge on any atom is 0.342 e. The smallest absolute Gasteiger partial charge is 0.342 e. The van der Waals surface area contributed by atoms with Crippen molar-refractivity contribution in [1.29, 1.82) is 0 Å². The Morgan fingerprint density at radius 1 is 1.36 bits per heavy atom. The van der Waals surface area contributed by atoms with Gasteiger partial charge < -0.3 is 10.1 Å². The van der Waals surface area contributed by atoms with Gasteiger partial charge in [-0.1, -0.05) is 40.7 Å². The van der Waals surface area contributed by atoms with Crippen molar-refractivity contribution in [2.45, 2.75) is 46.6 Å². The number of hydrogen-bond acceptors (Lipinski definition) is 5. The first-order chi connectivity index (χ1) is 11.7. The maximum atomic E-state index is 12.3. The topological polar surface area (TPSA) is 84.1 Å². The Labute approximate surface area is 152 Å². The Balaban J connectivity index is 1.97. The van der Waals surface area contributed by atoms with E-state index in [0.29, 0.717) is 11.3 Å². The van der Waals surface area contributed by atoms with Crippen LogP contribution in [-0.4, -0.2) is 28.7 Å². The Morgan fingerprint density at radius 2 is 2.08 bits per heavy atom. The molecule has 0 fully saturated rings. The lowest BCUT2D eigenvalue weighted by molar-refractivity contribution is -0.125. The second kappa shape index (κ2) is 7.82. The molecular formula is C18H25N3O3S. The number of aromatic amines is 1. The van der Waals surface area contributed by atoms with Crippen molar-refractivity contribution in [1.82, 2.24) is 15.5 Å². The Kier molecular flexibility index (Phi) is 6.00. The van der Waals surface area contributed by atoms with Crippen LogP contribution in [0.25, 0.3) is 0 Å². The summed E-state index contributed by atoms with van der Waals surface area (Å²) in [5.74, 6) is -0.754.